The molecule has 0 N–H and O–H groups in total. The number of rotatable bonds is 10. The lowest BCUT2D eigenvalue weighted by molar-refractivity contribution is -0.282. The van der Waals surface area contributed by atoms with Gasteiger partial charge in [0.05, 0.1) is 48.8 Å². The molecule has 68 heavy (non-hydrogen) atoms. The van der Waals surface area contributed by atoms with Crippen LogP contribution in [0.4, 0.5) is 9.59 Å². The van der Waals surface area contributed by atoms with Crippen molar-refractivity contribution in [3.8, 4) is 0 Å². The van der Waals surface area contributed by atoms with E-state index in [1.807, 2.05) is 70.3 Å². The highest BCUT2D eigenvalue weighted by molar-refractivity contribution is 6.00. The molecule has 1 amide bonds. The van der Waals surface area contributed by atoms with Gasteiger partial charge in [-0.25, -0.2) is 9.59 Å². The van der Waals surface area contributed by atoms with Crippen LogP contribution in [0.2, 0.25) is 0 Å². The number of ether oxygens (including phenoxy) is 6. The fourth-order valence-corrected chi connectivity index (χ4v) is 11.3. The lowest BCUT2D eigenvalue weighted by Gasteiger charge is -2.48. The predicted molar refractivity (Wildman–Crippen MR) is 256 cm³/mol. The molecule has 4 saturated heterocycles. The van der Waals surface area contributed by atoms with E-state index in [4.69, 9.17) is 28.4 Å². The van der Waals surface area contributed by atoms with E-state index >= 15 is 9.59 Å². The molecule has 4 aliphatic heterocycles. The Morgan fingerprint density at radius 2 is 1.78 bits per heavy atom. The normalized spacial score (nSPS) is 35.1. The summed E-state index contributed by atoms with van der Waals surface area (Å²) in [5, 5.41) is 5.28. The van der Waals surface area contributed by atoms with Crippen LogP contribution < -0.4 is 0 Å². The fraction of sp³-hybridized carbons (Fsp3) is 0.654. The van der Waals surface area contributed by atoms with Crippen molar-refractivity contribution < 1.29 is 47.6 Å². The number of hydrogen-bond acceptors (Lipinski definition) is 14. The summed E-state index contributed by atoms with van der Waals surface area (Å²) in [5.74, 6) is -3.70. The summed E-state index contributed by atoms with van der Waals surface area (Å²) in [7, 11) is 4.10. The van der Waals surface area contributed by atoms with Gasteiger partial charge in [-0.2, -0.15) is 9.78 Å². The number of hydrogen-bond donors (Lipinski definition) is 0. The highest BCUT2D eigenvalue weighted by Crippen LogP contribution is 2.44. The molecule has 14 atom stereocenters. The maximum Gasteiger partial charge on any atom is 0.435 e. The number of benzene rings is 1. The molecular formula is C52H74N6O10. The summed E-state index contributed by atoms with van der Waals surface area (Å²) < 4.78 is 40.2. The molecule has 2 aromatic heterocycles. The average Bonchev–Trinajstić information content (AvgIpc) is 3.95. The summed E-state index contributed by atoms with van der Waals surface area (Å²) in [6, 6.07) is 9.55. The number of Topliss-reactive ketones (excluding diaryl/α,β-unsaturated/α-hetero) is 1. The SMILES string of the molecule is CC[C@H]1OC(=O)[C@H](Cc2cnn(C(=O)OC(C)(C)C)c2)C(=O)[C@H](C)C(O[C@@H]2OC(C)CC(N(C)C)C2C)[C@](C)(OC/C=C/c2cnc3ccccc3c2)C[C@@H](C)CN2CN3C(=O)O[C@@]1(C)[C@H]3[C@H]2C. The van der Waals surface area contributed by atoms with E-state index in [9.17, 15) is 9.59 Å². The van der Waals surface area contributed by atoms with E-state index in [0.29, 0.717) is 31.6 Å². The van der Waals surface area contributed by atoms with Crippen LogP contribution in [0.1, 0.15) is 107 Å². The maximum atomic E-state index is 15.6. The highest BCUT2D eigenvalue weighted by Gasteiger charge is 2.63. The van der Waals surface area contributed by atoms with Crippen molar-refractivity contribution in [2.24, 2.45) is 23.7 Å². The lowest BCUT2D eigenvalue weighted by atomic mass is 9.77. The van der Waals surface area contributed by atoms with E-state index < -0.39 is 77.1 Å². The summed E-state index contributed by atoms with van der Waals surface area (Å²) in [5.41, 5.74) is -0.890. The first-order valence-corrected chi connectivity index (χ1v) is 24.4. The number of carbonyl (C=O) groups is 4. The van der Waals surface area contributed by atoms with Crippen LogP contribution >= 0.6 is 0 Å². The van der Waals surface area contributed by atoms with Gasteiger partial charge in [-0.3, -0.25) is 24.4 Å². The van der Waals surface area contributed by atoms with Gasteiger partial charge in [-0.1, -0.05) is 58.0 Å². The number of cyclic esters (lactones) is 1. The third-order valence-electron chi connectivity index (χ3n) is 14.5. The van der Waals surface area contributed by atoms with Gasteiger partial charge in [-0.15, -0.1) is 0 Å². The Bertz CT molecular complexity index is 2330. The second-order valence-electron chi connectivity index (χ2n) is 21.5. The summed E-state index contributed by atoms with van der Waals surface area (Å²) in [4.78, 5) is 68.3. The third kappa shape index (κ3) is 10.8. The zero-order valence-corrected chi connectivity index (χ0v) is 42.3. The molecule has 5 unspecified atom stereocenters. The van der Waals surface area contributed by atoms with Gasteiger partial charge in [0.2, 0.25) is 0 Å². The van der Waals surface area contributed by atoms with E-state index in [1.165, 1.54) is 12.4 Å². The minimum atomic E-state index is -1.39. The van der Waals surface area contributed by atoms with E-state index in [0.717, 1.165) is 27.6 Å². The minimum Gasteiger partial charge on any atom is -0.457 e. The van der Waals surface area contributed by atoms with Gasteiger partial charge in [0.15, 0.2) is 17.7 Å². The molecule has 16 heteroatoms. The molecule has 0 radical (unpaired) electrons. The Labute approximate surface area is 401 Å². The Hall–Kier alpha value is -4.74. The number of fused-ring (bicyclic) bond motifs is 2. The lowest BCUT2D eigenvalue weighted by Crippen LogP contribution is -2.57. The first-order valence-electron chi connectivity index (χ1n) is 24.4. The molecule has 4 aliphatic rings. The van der Waals surface area contributed by atoms with Crippen molar-refractivity contribution in [3.63, 3.8) is 0 Å². The van der Waals surface area contributed by atoms with Crippen molar-refractivity contribution in [1.29, 1.82) is 0 Å². The summed E-state index contributed by atoms with van der Waals surface area (Å²) in [6.07, 6.45) is 6.22. The second-order valence-corrected chi connectivity index (χ2v) is 21.5. The first kappa shape index (κ1) is 51.1. The topological polar surface area (TPSA) is 164 Å². The van der Waals surface area contributed by atoms with Crippen molar-refractivity contribution in [2.75, 3.05) is 33.9 Å². The molecule has 3 aromatic rings. The summed E-state index contributed by atoms with van der Waals surface area (Å²) in [6.45, 7) is 22.2. The van der Waals surface area contributed by atoms with Crippen LogP contribution in [0.5, 0.6) is 0 Å². The van der Waals surface area contributed by atoms with Gasteiger partial charge in [0, 0.05) is 48.2 Å². The number of para-hydroxylation sites is 1. The standard InChI is InChI=1S/C52H74N6O10/c1-14-42-52(11)44-35(6)56(30-57(44)48(61)68-52)28-31(2)25-51(10,63-21-17-18-36-23-38-19-15-16-20-40(38)53-26-36)45(66-47-33(4)41(55(12)13)22-32(3)64-47)34(5)43(59)39(46(60)65-42)24-37-27-54-58(29-37)49(62)67-50(7,8)9/h15-20,23,26-27,29,31-35,39,41-42,44-45,47H,14,21-22,24-25,28,30H2,1-13H3/b18-17+/t31-,32?,33?,34+,35-,39-,41?,42-,44-,45?,47+,51-,52-/m1/s1. The predicted octanol–water partition coefficient (Wildman–Crippen LogP) is 7.76. The fourth-order valence-electron chi connectivity index (χ4n) is 11.3. The number of amides is 1. The molecule has 4 fully saturated rings. The minimum absolute atomic E-state index is 0.0376. The average molecular weight is 943 g/mol. The monoisotopic (exact) mass is 943 g/mol. The smallest absolute Gasteiger partial charge is 0.435 e. The van der Waals surface area contributed by atoms with Crippen LogP contribution in [0.3, 0.4) is 0 Å². The van der Waals surface area contributed by atoms with Crippen molar-refractivity contribution in [2.45, 2.75) is 161 Å². The molecule has 0 spiro atoms. The Balaban J connectivity index is 1.31. The number of aromatic nitrogens is 3. The van der Waals surface area contributed by atoms with Gasteiger partial charge in [0.25, 0.3) is 0 Å². The van der Waals surface area contributed by atoms with Crippen LogP contribution in [0.25, 0.3) is 17.0 Å². The van der Waals surface area contributed by atoms with Crippen LogP contribution in [0.15, 0.2) is 55.0 Å². The summed E-state index contributed by atoms with van der Waals surface area (Å²) >= 11 is 0. The number of pyridine rings is 1. The van der Waals surface area contributed by atoms with Crippen LogP contribution in [-0.4, -0.2) is 147 Å². The van der Waals surface area contributed by atoms with Gasteiger partial charge in [0.1, 0.15) is 17.6 Å². The van der Waals surface area contributed by atoms with E-state index in [1.54, 1.807) is 32.6 Å². The van der Waals surface area contributed by atoms with E-state index in [2.05, 4.69) is 60.8 Å². The van der Waals surface area contributed by atoms with Crippen LogP contribution in [-0.2, 0) is 44.4 Å². The first-order chi connectivity index (χ1) is 32.0. The highest BCUT2D eigenvalue weighted by atomic mass is 16.7. The van der Waals surface area contributed by atoms with Crippen molar-refractivity contribution in [1.82, 2.24) is 29.5 Å². The molecule has 0 aliphatic carbocycles. The number of ketones is 1. The quantitative estimate of drug-likeness (QED) is 0.110. The Morgan fingerprint density at radius 3 is 2.49 bits per heavy atom. The zero-order chi connectivity index (χ0) is 49.5. The molecular weight excluding hydrogens is 869 g/mol. The van der Waals surface area contributed by atoms with Crippen molar-refractivity contribution in [3.05, 3.63) is 66.1 Å². The molecule has 2 bridgehead atoms. The molecule has 0 saturated carbocycles. The largest absolute Gasteiger partial charge is 0.457 e. The maximum absolute atomic E-state index is 15.6. The number of esters is 1. The zero-order valence-electron chi connectivity index (χ0n) is 42.3. The second kappa shape index (κ2) is 20.3. The van der Waals surface area contributed by atoms with E-state index in [-0.39, 0.29) is 43.1 Å². The number of nitrogens with zero attached hydrogens (tertiary/aromatic N) is 6. The van der Waals surface area contributed by atoms with Crippen LogP contribution in [0, 0.1) is 23.7 Å². The van der Waals surface area contributed by atoms with Gasteiger partial charge < -0.3 is 33.3 Å². The number of carbonyl (C=O) groups excluding carboxylic acids is 4. The van der Waals surface area contributed by atoms with Crippen molar-refractivity contribution >= 4 is 40.9 Å². The third-order valence-corrected chi connectivity index (χ3v) is 14.5. The Kier molecular flexibility index (Phi) is 15.3. The molecule has 7 rings (SSSR count). The molecule has 372 valence electrons. The van der Waals surface area contributed by atoms with Gasteiger partial charge >= 0.3 is 18.2 Å². The van der Waals surface area contributed by atoms with Gasteiger partial charge in [-0.05, 0) is 117 Å². The molecule has 6 heterocycles. The molecule has 16 nitrogen and oxygen atoms in total. The Morgan fingerprint density at radius 1 is 1.04 bits per heavy atom. The molecule has 1 aromatic carbocycles.